The number of alkyl halides is 3. The Morgan fingerprint density at radius 1 is 1.03 bits per heavy atom. The van der Waals surface area contributed by atoms with Gasteiger partial charge < -0.3 is 10.4 Å². The number of anilines is 1. The molecule has 1 aliphatic rings. The quantitative estimate of drug-likeness (QED) is 0.298. The Hall–Kier alpha value is -4.01. The maximum absolute atomic E-state index is 13.0. The first-order valence-corrected chi connectivity index (χ1v) is 12.5. The smallest absolute Gasteiger partial charge is 0.395 e. The van der Waals surface area contributed by atoms with Crippen LogP contribution in [0, 0.1) is 5.92 Å². The number of carbonyl (C=O) groups excluding carboxylic acids is 1. The molecule has 0 saturated heterocycles. The Balaban J connectivity index is 1.51. The average Bonchev–Trinajstić information content (AvgIpc) is 3.12. The molecule has 1 atom stereocenters. The van der Waals surface area contributed by atoms with Crippen molar-refractivity contribution in [2.24, 2.45) is 5.92 Å². The highest BCUT2D eigenvalue weighted by atomic mass is 19.4. The van der Waals surface area contributed by atoms with Gasteiger partial charge in [0, 0.05) is 17.7 Å². The number of amides is 1. The SMILES string of the molecule is O=C(O)CCCCc1nc2cc(NC(=O)CC3=CCCC(C(F)(F)F)C=C3)ccc2nc1-c1ccccc1. The molecule has 1 amide bonds. The van der Waals surface area contributed by atoms with Gasteiger partial charge in [-0.3, -0.25) is 9.59 Å². The van der Waals surface area contributed by atoms with Crippen molar-refractivity contribution in [1.82, 2.24) is 9.97 Å². The van der Waals surface area contributed by atoms with E-state index in [0.717, 1.165) is 23.0 Å². The fourth-order valence-corrected chi connectivity index (χ4v) is 4.39. The van der Waals surface area contributed by atoms with Gasteiger partial charge in [0.15, 0.2) is 0 Å². The second-order valence-electron chi connectivity index (χ2n) is 9.28. The lowest BCUT2D eigenvalue weighted by Gasteiger charge is -2.14. The van der Waals surface area contributed by atoms with Crippen LogP contribution in [-0.4, -0.2) is 33.1 Å². The Morgan fingerprint density at radius 2 is 1.82 bits per heavy atom. The van der Waals surface area contributed by atoms with Crippen LogP contribution in [0.2, 0.25) is 0 Å². The van der Waals surface area contributed by atoms with Crippen LogP contribution >= 0.6 is 0 Å². The number of hydrogen-bond donors (Lipinski definition) is 2. The van der Waals surface area contributed by atoms with Gasteiger partial charge in [-0.1, -0.05) is 48.6 Å². The highest BCUT2D eigenvalue weighted by molar-refractivity contribution is 5.94. The lowest BCUT2D eigenvalue weighted by Crippen LogP contribution is -2.20. The van der Waals surface area contributed by atoms with Crippen molar-refractivity contribution < 1.29 is 27.9 Å². The van der Waals surface area contributed by atoms with Crippen LogP contribution in [0.3, 0.4) is 0 Å². The maximum atomic E-state index is 13.0. The van der Waals surface area contributed by atoms with Gasteiger partial charge in [0.1, 0.15) is 0 Å². The highest BCUT2D eigenvalue weighted by Crippen LogP contribution is 2.33. The number of aryl methyl sites for hydroxylation is 1. The Morgan fingerprint density at radius 3 is 2.55 bits per heavy atom. The van der Waals surface area contributed by atoms with Crippen LogP contribution in [0.5, 0.6) is 0 Å². The molecule has 1 heterocycles. The van der Waals surface area contributed by atoms with Crippen LogP contribution in [0.25, 0.3) is 22.3 Å². The summed E-state index contributed by atoms with van der Waals surface area (Å²) in [6, 6.07) is 14.8. The summed E-state index contributed by atoms with van der Waals surface area (Å²) in [6.07, 6.45) is 1.89. The topological polar surface area (TPSA) is 92.2 Å². The van der Waals surface area contributed by atoms with E-state index in [2.05, 4.69) is 5.32 Å². The number of aromatic nitrogens is 2. The zero-order valence-electron chi connectivity index (χ0n) is 20.7. The third-order valence-corrected chi connectivity index (χ3v) is 6.33. The molecule has 198 valence electrons. The molecule has 9 heteroatoms. The molecular formula is C29H28F3N3O3. The van der Waals surface area contributed by atoms with Crippen LogP contribution in [0.4, 0.5) is 18.9 Å². The van der Waals surface area contributed by atoms with Crippen molar-refractivity contribution in [3.8, 4) is 11.3 Å². The number of rotatable bonds is 9. The predicted octanol–water partition coefficient (Wildman–Crippen LogP) is 6.88. The summed E-state index contributed by atoms with van der Waals surface area (Å²) >= 11 is 0. The Bertz CT molecular complexity index is 1370. The first kappa shape index (κ1) is 27.0. The lowest BCUT2D eigenvalue weighted by molar-refractivity contribution is -0.162. The molecule has 3 aromatic rings. The Kier molecular flexibility index (Phi) is 8.55. The molecule has 4 rings (SSSR count). The molecule has 1 aromatic heterocycles. The minimum Gasteiger partial charge on any atom is -0.481 e. The number of nitrogens with one attached hydrogen (secondary N) is 1. The van der Waals surface area contributed by atoms with E-state index < -0.39 is 18.1 Å². The first-order chi connectivity index (χ1) is 18.2. The van der Waals surface area contributed by atoms with Gasteiger partial charge >= 0.3 is 12.1 Å². The number of hydrogen-bond acceptors (Lipinski definition) is 4. The van der Waals surface area contributed by atoms with Crippen molar-refractivity contribution in [3.05, 3.63) is 78.0 Å². The van der Waals surface area contributed by atoms with Gasteiger partial charge in [-0.15, -0.1) is 0 Å². The van der Waals surface area contributed by atoms with Gasteiger partial charge in [-0.25, -0.2) is 9.97 Å². The summed E-state index contributed by atoms with van der Waals surface area (Å²) in [7, 11) is 0. The third kappa shape index (κ3) is 7.27. The molecule has 1 unspecified atom stereocenters. The van der Waals surface area contributed by atoms with E-state index in [0.29, 0.717) is 41.6 Å². The first-order valence-electron chi connectivity index (χ1n) is 12.5. The minimum absolute atomic E-state index is 0.0297. The third-order valence-electron chi connectivity index (χ3n) is 6.33. The second-order valence-corrected chi connectivity index (χ2v) is 9.28. The molecule has 1 aliphatic carbocycles. The lowest BCUT2D eigenvalue weighted by atomic mass is 10.0. The largest absolute Gasteiger partial charge is 0.481 e. The van der Waals surface area contributed by atoms with Crippen LogP contribution < -0.4 is 5.32 Å². The normalized spacial score (nSPS) is 15.7. The highest BCUT2D eigenvalue weighted by Gasteiger charge is 2.37. The molecule has 0 radical (unpaired) electrons. The van der Waals surface area contributed by atoms with Crippen LogP contribution in [0.1, 0.15) is 44.2 Å². The van der Waals surface area contributed by atoms with E-state index in [9.17, 15) is 22.8 Å². The molecule has 0 fully saturated rings. The minimum atomic E-state index is -4.29. The van der Waals surface area contributed by atoms with Crippen LogP contribution in [-0.2, 0) is 16.0 Å². The molecular weight excluding hydrogens is 495 g/mol. The van der Waals surface area contributed by atoms with E-state index >= 15 is 0 Å². The molecule has 2 N–H and O–H groups in total. The zero-order chi connectivity index (χ0) is 27.1. The Labute approximate surface area is 218 Å². The number of nitrogens with zero attached hydrogens (tertiary/aromatic N) is 2. The number of allylic oxidation sites excluding steroid dienone is 3. The summed E-state index contributed by atoms with van der Waals surface area (Å²) < 4.78 is 39.0. The molecule has 2 aromatic carbocycles. The molecule has 0 saturated carbocycles. The number of fused-ring (bicyclic) bond motifs is 1. The standard InChI is InChI=1S/C29H28F3N3O3/c30-29(31,32)21-10-6-7-19(13-14-21)17-26(36)33-22-15-16-23-25(18-22)34-24(11-4-5-12-27(37)38)28(35-23)20-8-2-1-3-9-20/h1-3,7-9,13-16,18,21H,4-6,10-12,17H2,(H,33,36)(H,37,38). The zero-order valence-corrected chi connectivity index (χ0v) is 20.7. The van der Waals surface area contributed by atoms with E-state index in [4.69, 9.17) is 15.1 Å². The molecule has 38 heavy (non-hydrogen) atoms. The second kappa shape index (κ2) is 12.0. The fourth-order valence-electron chi connectivity index (χ4n) is 4.39. The molecule has 6 nitrogen and oxygen atoms in total. The number of unbranched alkanes of at least 4 members (excludes halogenated alkanes) is 1. The summed E-state index contributed by atoms with van der Waals surface area (Å²) in [4.78, 5) is 33.1. The van der Waals surface area contributed by atoms with Crippen molar-refractivity contribution >= 4 is 28.6 Å². The average molecular weight is 524 g/mol. The fraction of sp³-hybridized carbons (Fsp3) is 0.310. The summed E-state index contributed by atoms with van der Waals surface area (Å²) in [5.74, 6) is -2.68. The van der Waals surface area contributed by atoms with Gasteiger partial charge in [0.25, 0.3) is 0 Å². The number of carboxylic acids is 1. The van der Waals surface area contributed by atoms with Gasteiger partial charge in [-0.05, 0) is 55.9 Å². The van der Waals surface area contributed by atoms with E-state index in [1.54, 1.807) is 24.3 Å². The molecule has 0 bridgehead atoms. The number of carboxylic acid groups (broad SMARTS) is 1. The van der Waals surface area contributed by atoms with Crippen molar-refractivity contribution in [3.63, 3.8) is 0 Å². The number of halogens is 3. The van der Waals surface area contributed by atoms with Gasteiger partial charge in [0.05, 0.1) is 34.8 Å². The van der Waals surface area contributed by atoms with Gasteiger partial charge in [0.2, 0.25) is 5.91 Å². The van der Waals surface area contributed by atoms with Crippen molar-refractivity contribution in [2.45, 2.75) is 51.1 Å². The van der Waals surface area contributed by atoms with E-state index in [1.807, 2.05) is 30.3 Å². The summed E-state index contributed by atoms with van der Waals surface area (Å²) in [6.45, 7) is 0. The molecule has 0 spiro atoms. The molecule has 0 aliphatic heterocycles. The number of carbonyl (C=O) groups is 2. The summed E-state index contributed by atoms with van der Waals surface area (Å²) in [5.41, 5.74) is 4.66. The summed E-state index contributed by atoms with van der Waals surface area (Å²) in [5, 5.41) is 11.7. The van der Waals surface area contributed by atoms with E-state index in [-0.39, 0.29) is 31.6 Å². The van der Waals surface area contributed by atoms with Crippen LogP contribution in [0.15, 0.2) is 72.3 Å². The monoisotopic (exact) mass is 523 g/mol. The van der Waals surface area contributed by atoms with E-state index in [1.165, 1.54) is 6.08 Å². The predicted molar refractivity (Wildman–Crippen MR) is 139 cm³/mol. The maximum Gasteiger partial charge on any atom is 0.395 e. The number of aliphatic carboxylic acids is 1. The van der Waals surface area contributed by atoms with Gasteiger partial charge in [-0.2, -0.15) is 13.2 Å². The van der Waals surface area contributed by atoms with Crippen molar-refractivity contribution in [1.29, 1.82) is 0 Å². The van der Waals surface area contributed by atoms with Crippen molar-refractivity contribution in [2.75, 3.05) is 5.32 Å². The number of benzene rings is 2.